The van der Waals surface area contributed by atoms with Crippen molar-refractivity contribution in [2.75, 3.05) is 38.2 Å². The lowest BCUT2D eigenvalue weighted by Crippen LogP contribution is -2.49. The summed E-state index contributed by atoms with van der Waals surface area (Å²) in [6, 6.07) is 15.6. The summed E-state index contributed by atoms with van der Waals surface area (Å²) in [5.74, 6) is 0.944. The van der Waals surface area contributed by atoms with Crippen LogP contribution in [0.4, 0.5) is 5.69 Å². The Balaban J connectivity index is 1.41. The van der Waals surface area contributed by atoms with Crippen molar-refractivity contribution in [2.45, 2.75) is 18.9 Å². The van der Waals surface area contributed by atoms with Crippen LogP contribution in [0.2, 0.25) is 5.02 Å². The van der Waals surface area contributed by atoms with Crippen molar-refractivity contribution in [1.82, 2.24) is 25.1 Å². The molecule has 1 atom stereocenters. The number of hydrogen-bond donors (Lipinski definition) is 0. The normalized spacial score (nSPS) is 15.0. The molecule has 0 unspecified atom stereocenters. The van der Waals surface area contributed by atoms with Crippen molar-refractivity contribution in [2.24, 2.45) is 0 Å². The molecule has 1 aliphatic heterocycles. The zero-order valence-corrected chi connectivity index (χ0v) is 18.1. The van der Waals surface area contributed by atoms with Crippen LogP contribution in [0.15, 0.2) is 54.9 Å². The molecule has 1 fully saturated rings. The number of carbonyl (C=O) groups is 1. The number of tetrazole rings is 1. The summed E-state index contributed by atoms with van der Waals surface area (Å²) >= 11 is 6.05. The van der Waals surface area contributed by atoms with Crippen LogP contribution < -0.4 is 9.64 Å². The lowest BCUT2D eigenvalue weighted by molar-refractivity contribution is -0.132. The summed E-state index contributed by atoms with van der Waals surface area (Å²) < 4.78 is 7.14. The van der Waals surface area contributed by atoms with E-state index in [-0.39, 0.29) is 11.8 Å². The number of para-hydroxylation sites is 2. The quantitative estimate of drug-likeness (QED) is 0.562. The fraction of sp³-hybridized carbons (Fsp3) is 0.364. The molecule has 162 valence electrons. The van der Waals surface area contributed by atoms with Gasteiger partial charge in [0.05, 0.1) is 19.3 Å². The first-order chi connectivity index (χ1) is 15.1. The van der Waals surface area contributed by atoms with E-state index in [9.17, 15) is 4.79 Å². The molecule has 8 nitrogen and oxygen atoms in total. The number of ether oxygens (including phenoxy) is 1. The molecule has 2 heterocycles. The third-order valence-corrected chi connectivity index (χ3v) is 5.87. The van der Waals surface area contributed by atoms with Crippen LogP contribution in [0, 0.1) is 0 Å². The van der Waals surface area contributed by atoms with E-state index < -0.39 is 0 Å². The molecule has 1 aromatic heterocycles. The maximum Gasteiger partial charge on any atom is 0.223 e. The minimum Gasteiger partial charge on any atom is -0.495 e. The van der Waals surface area contributed by atoms with Gasteiger partial charge >= 0.3 is 0 Å². The number of methoxy groups -OCH3 is 1. The Kier molecular flexibility index (Phi) is 6.66. The van der Waals surface area contributed by atoms with Gasteiger partial charge < -0.3 is 14.5 Å². The third-order valence-electron chi connectivity index (χ3n) is 5.62. The van der Waals surface area contributed by atoms with Gasteiger partial charge in [-0.15, -0.1) is 5.10 Å². The van der Waals surface area contributed by atoms with Gasteiger partial charge in [-0.05, 0) is 40.3 Å². The topological polar surface area (TPSA) is 76.4 Å². The average Bonchev–Trinajstić information content (AvgIpc) is 3.32. The predicted molar refractivity (Wildman–Crippen MR) is 118 cm³/mol. The van der Waals surface area contributed by atoms with E-state index >= 15 is 0 Å². The highest BCUT2D eigenvalue weighted by atomic mass is 35.5. The van der Waals surface area contributed by atoms with Crippen LogP contribution >= 0.6 is 11.6 Å². The molecule has 31 heavy (non-hydrogen) atoms. The molecule has 0 bridgehead atoms. The second-order valence-corrected chi connectivity index (χ2v) is 7.96. The van der Waals surface area contributed by atoms with Crippen molar-refractivity contribution in [3.05, 3.63) is 65.4 Å². The van der Waals surface area contributed by atoms with Crippen molar-refractivity contribution >= 4 is 23.2 Å². The monoisotopic (exact) mass is 440 g/mol. The van der Waals surface area contributed by atoms with Gasteiger partial charge in [-0.25, -0.2) is 4.68 Å². The van der Waals surface area contributed by atoms with Crippen LogP contribution in [0.5, 0.6) is 5.75 Å². The van der Waals surface area contributed by atoms with E-state index in [1.807, 2.05) is 47.4 Å². The first-order valence-corrected chi connectivity index (χ1v) is 10.6. The number of amides is 1. The van der Waals surface area contributed by atoms with Crippen LogP contribution in [0.25, 0.3) is 0 Å². The molecule has 1 amide bonds. The molecule has 1 saturated heterocycles. The van der Waals surface area contributed by atoms with Gasteiger partial charge in [0.15, 0.2) is 0 Å². The lowest BCUT2D eigenvalue weighted by Gasteiger charge is -2.37. The smallest absolute Gasteiger partial charge is 0.223 e. The van der Waals surface area contributed by atoms with Gasteiger partial charge in [0, 0.05) is 43.5 Å². The fourth-order valence-electron chi connectivity index (χ4n) is 3.94. The molecule has 2 aromatic carbocycles. The first kappa shape index (κ1) is 21.1. The summed E-state index contributed by atoms with van der Waals surface area (Å²) in [6.45, 7) is 3.42. The van der Waals surface area contributed by atoms with Gasteiger partial charge in [-0.2, -0.15) is 0 Å². The zero-order valence-electron chi connectivity index (χ0n) is 17.4. The Hall–Kier alpha value is -3.13. The Labute approximate surface area is 186 Å². The summed E-state index contributed by atoms with van der Waals surface area (Å²) in [4.78, 5) is 17.3. The van der Waals surface area contributed by atoms with Gasteiger partial charge in [0.1, 0.15) is 12.1 Å². The van der Waals surface area contributed by atoms with E-state index in [0.29, 0.717) is 31.1 Å². The molecule has 0 aliphatic carbocycles. The van der Waals surface area contributed by atoms with Crippen molar-refractivity contribution in [3.63, 3.8) is 0 Å². The maximum absolute atomic E-state index is 13.1. The van der Waals surface area contributed by atoms with Gasteiger partial charge in [-0.3, -0.25) is 4.79 Å². The molecule has 3 aromatic rings. The number of halogens is 1. The summed E-state index contributed by atoms with van der Waals surface area (Å²) in [5, 5.41) is 12.0. The Morgan fingerprint density at radius 3 is 2.52 bits per heavy atom. The summed E-state index contributed by atoms with van der Waals surface area (Å²) in [6.07, 6.45) is 1.95. The Morgan fingerprint density at radius 1 is 1.10 bits per heavy atom. The molecule has 0 saturated carbocycles. The van der Waals surface area contributed by atoms with Crippen molar-refractivity contribution in [1.29, 1.82) is 0 Å². The van der Waals surface area contributed by atoms with Gasteiger partial charge in [0.2, 0.25) is 5.91 Å². The highest BCUT2D eigenvalue weighted by Gasteiger charge is 2.26. The second-order valence-electron chi connectivity index (χ2n) is 7.52. The Morgan fingerprint density at radius 2 is 1.84 bits per heavy atom. The summed E-state index contributed by atoms with van der Waals surface area (Å²) in [7, 11) is 1.68. The highest BCUT2D eigenvalue weighted by Crippen LogP contribution is 2.29. The molecule has 0 radical (unpaired) electrons. The molecular weight excluding hydrogens is 416 g/mol. The highest BCUT2D eigenvalue weighted by molar-refractivity contribution is 6.30. The Bertz CT molecular complexity index is 988. The lowest BCUT2D eigenvalue weighted by atomic mass is 9.95. The van der Waals surface area contributed by atoms with Crippen LogP contribution in [-0.4, -0.2) is 64.3 Å². The zero-order chi connectivity index (χ0) is 21.6. The maximum atomic E-state index is 13.1. The van der Waals surface area contributed by atoms with E-state index in [4.69, 9.17) is 16.3 Å². The number of rotatable bonds is 7. The van der Waals surface area contributed by atoms with E-state index in [0.717, 1.165) is 30.1 Å². The van der Waals surface area contributed by atoms with Gasteiger partial charge in [-0.1, -0.05) is 35.9 Å². The number of anilines is 1. The number of benzene rings is 2. The molecule has 9 heteroatoms. The predicted octanol–water partition coefficient (Wildman–Crippen LogP) is 2.86. The number of piperazine rings is 1. The standard InChI is InChI=1S/C22H25ClN6O2/c1-31-21-5-3-2-4-20(21)27-10-12-28(13-11-27)22(30)14-18(15-29-16-24-25-26-29)17-6-8-19(23)9-7-17/h2-9,16,18H,10-15H2,1H3/t18-/m1/s1. The number of carbonyl (C=O) groups excluding carboxylic acids is 1. The van der Waals surface area contributed by atoms with Gasteiger partial charge in [0.25, 0.3) is 0 Å². The van der Waals surface area contributed by atoms with E-state index in [2.05, 4.69) is 26.5 Å². The largest absolute Gasteiger partial charge is 0.495 e. The third kappa shape index (κ3) is 5.14. The molecule has 0 spiro atoms. The minimum absolute atomic E-state index is 0.0412. The van der Waals surface area contributed by atoms with Crippen LogP contribution in [0.1, 0.15) is 17.9 Å². The minimum atomic E-state index is -0.0412. The fourth-order valence-corrected chi connectivity index (χ4v) is 4.07. The first-order valence-electron chi connectivity index (χ1n) is 10.3. The van der Waals surface area contributed by atoms with Crippen LogP contribution in [-0.2, 0) is 11.3 Å². The average molecular weight is 441 g/mol. The summed E-state index contributed by atoms with van der Waals surface area (Å²) in [5.41, 5.74) is 2.11. The van der Waals surface area contributed by atoms with Crippen molar-refractivity contribution < 1.29 is 9.53 Å². The van der Waals surface area contributed by atoms with E-state index in [1.54, 1.807) is 18.1 Å². The number of hydrogen-bond acceptors (Lipinski definition) is 6. The molecule has 0 N–H and O–H groups in total. The molecule has 1 aliphatic rings. The SMILES string of the molecule is COc1ccccc1N1CCN(C(=O)C[C@H](Cn2cnnn2)c2ccc(Cl)cc2)CC1. The van der Waals surface area contributed by atoms with Crippen molar-refractivity contribution in [3.8, 4) is 5.75 Å². The van der Waals surface area contributed by atoms with Crippen LogP contribution in [0.3, 0.4) is 0 Å². The molecular formula is C22H25ClN6O2. The van der Waals surface area contributed by atoms with E-state index in [1.165, 1.54) is 0 Å². The number of nitrogens with zero attached hydrogens (tertiary/aromatic N) is 6. The second kappa shape index (κ2) is 9.78. The molecule has 4 rings (SSSR count). The number of aromatic nitrogens is 4.